The van der Waals surface area contributed by atoms with E-state index >= 15 is 0 Å². The molecule has 0 aromatic heterocycles. The van der Waals surface area contributed by atoms with Crippen molar-refractivity contribution in [3.05, 3.63) is 0 Å². The van der Waals surface area contributed by atoms with Crippen LogP contribution >= 0.6 is 0 Å². The number of thiol groups is 1. The minimum atomic E-state index is -3.12. The predicted molar refractivity (Wildman–Crippen MR) is 69.2 cm³/mol. The summed E-state index contributed by atoms with van der Waals surface area (Å²) in [7, 11) is -3.12. The van der Waals surface area contributed by atoms with Crippen LogP contribution in [0.1, 0.15) is 12.8 Å². The van der Waals surface area contributed by atoms with Crippen LogP contribution in [0.25, 0.3) is 0 Å². The molecule has 0 saturated carbocycles. The molecule has 3 N–H and O–H groups in total. The summed E-state index contributed by atoms with van der Waals surface area (Å²) in [6.45, 7) is 7.04. The number of aliphatic hydroxyl groups is 2. The third-order valence-corrected chi connectivity index (χ3v) is 2.73. The average molecular weight is 284 g/mol. The lowest BCUT2D eigenvalue weighted by molar-refractivity contribution is 0.118. The van der Waals surface area contributed by atoms with Crippen LogP contribution in [-0.2, 0) is 11.0 Å². The van der Waals surface area contributed by atoms with Gasteiger partial charge in [-0.2, -0.15) is 0 Å². The van der Waals surface area contributed by atoms with Gasteiger partial charge in [0, 0.05) is 52.5 Å². The second-order valence-corrected chi connectivity index (χ2v) is 4.55. The maximum atomic E-state index is 8.70. The molecule has 1 aliphatic rings. The standard InChI is InChI=1S/C10H22N2O2.H2O3S/c13-9-1-3-11-5-7-12(8-6-11)4-2-10-14;1-4(2)3/h13-14H,1-10H2;4H,(H,1,2,3). The molecular formula is C10H24N2O5S. The van der Waals surface area contributed by atoms with E-state index in [1.807, 2.05) is 0 Å². The number of hydrogen-bond acceptors (Lipinski definition) is 6. The number of rotatable bonds is 6. The van der Waals surface area contributed by atoms with Gasteiger partial charge in [0.2, 0.25) is 0 Å². The molecule has 110 valence electrons. The van der Waals surface area contributed by atoms with Crippen LogP contribution < -0.4 is 0 Å². The van der Waals surface area contributed by atoms with Crippen molar-refractivity contribution < 1.29 is 23.2 Å². The molecule has 1 saturated heterocycles. The molecule has 8 heteroatoms. The Kier molecular flexibility index (Phi) is 11.7. The predicted octanol–water partition coefficient (Wildman–Crippen LogP) is -1.56. The van der Waals surface area contributed by atoms with Crippen LogP contribution in [0, 0.1) is 0 Å². The molecule has 1 fully saturated rings. The minimum Gasteiger partial charge on any atom is -0.396 e. The number of hydrogen-bond donors (Lipinski definition) is 4. The van der Waals surface area contributed by atoms with Gasteiger partial charge in [0.05, 0.1) is 0 Å². The third-order valence-electron chi connectivity index (χ3n) is 2.73. The molecule has 0 aliphatic carbocycles. The molecule has 0 bridgehead atoms. The van der Waals surface area contributed by atoms with Gasteiger partial charge in [0.15, 0.2) is 0 Å². The van der Waals surface area contributed by atoms with Crippen LogP contribution in [0.2, 0.25) is 0 Å². The zero-order valence-electron chi connectivity index (χ0n) is 10.6. The fourth-order valence-electron chi connectivity index (χ4n) is 1.83. The fourth-order valence-corrected chi connectivity index (χ4v) is 1.83. The summed E-state index contributed by atoms with van der Waals surface area (Å²) in [4.78, 5) is 4.79. The number of nitrogens with zero attached hydrogens (tertiary/aromatic N) is 2. The van der Waals surface area contributed by atoms with Crippen molar-refractivity contribution in [1.82, 2.24) is 9.80 Å². The minimum absolute atomic E-state index is 0.296. The first-order valence-corrected chi connectivity index (χ1v) is 7.23. The van der Waals surface area contributed by atoms with E-state index in [9.17, 15) is 0 Å². The van der Waals surface area contributed by atoms with Gasteiger partial charge in [-0.15, -0.1) is 0 Å². The molecule has 0 radical (unpaired) electrons. The largest absolute Gasteiger partial charge is 0.396 e. The molecule has 0 amide bonds. The Bertz CT molecular complexity index is 231. The molecular weight excluding hydrogens is 260 g/mol. The van der Waals surface area contributed by atoms with E-state index in [4.69, 9.17) is 23.2 Å². The summed E-state index contributed by atoms with van der Waals surface area (Å²) in [6, 6.07) is 0. The highest BCUT2D eigenvalue weighted by molar-refractivity contribution is 7.66. The van der Waals surface area contributed by atoms with Gasteiger partial charge in [0.25, 0.3) is 11.0 Å². The zero-order chi connectivity index (χ0) is 13.8. The summed E-state index contributed by atoms with van der Waals surface area (Å²) in [5.74, 6) is 0. The van der Waals surface area contributed by atoms with E-state index in [0.29, 0.717) is 13.2 Å². The summed E-state index contributed by atoms with van der Waals surface area (Å²) in [5, 5.41) is 17.4. The van der Waals surface area contributed by atoms with E-state index in [2.05, 4.69) is 9.80 Å². The molecule has 1 heterocycles. The van der Waals surface area contributed by atoms with E-state index in [-0.39, 0.29) is 0 Å². The summed E-state index contributed by atoms with van der Waals surface area (Å²) in [5.41, 5.74) is 0. The lowest BCUT2D eigenvalue weighted by atomic mass is 10.2. The smallest absolute Gasteiger partial charge is 0.254 e. The van der Waals surface area contributed by atoms with E-state index in [1.165, 1.54) is 0 Å². The highest BCUT2D eigenvalue weighted by Gasteiger charge is 2.15. The van der Waals surface area contributed by atoms with Gasteiger partial charge in [-0.3, -0.25) is 4.55 Å². The van der Waals surface area contributed by atoms with Crippen molar-refractivity contribution in [2.24, 2.45) is 0 Å². The Morgan fingerprint density at radius 2 is 1.11 bits per heavy atom. The highest BCUT2D eigenvalue weighted by atomic mass is 32.2. The van der Waals surface area contributed by atoms with Crippen molar-refractivity contribution in [2.75, 3.05) is 52.5 Å². The van der Waals surface area contributed by atoms with E-state index < -0.39 is 11.0 Å². The first-order chi connectivity index (χ1) is 8.60. The van der Waals surface area contributed by atoms with Crippen LogP contribution in [0.5, 0.6) is 0 Å². The number of aliphatic hydroxyl groups excluding tert-OH is 2. The average Bonchev–Trinajstić information content (AvgIpc) is 2.34. The first-order valence-electron chi connectivity index (χ1n) is 6.09. The molecule has 0 unspecified atom stereocenters. The van der Waals surface area contributed by atoms with Gasteiger partial charge in [-0.1, -0.05) is 0 Å². The Morgan fingerprint density at radius 3 is 1.33 bits per heavy atom. The van der Waals surface area contributed by atoms with Gasteiger partial charge in [-0.25, -0.2) is 8.42 Å². The van der Waals surface area contributed by atoms with Gasteiger partial charge in [-0.05, 0) is 12.8 Å². The Hall–Kier alpha value is -0.250. The molecule has 1 aliphatic heterocycles. The molecule has 0 atom stereocenters. The molecule has 0 aromatic rings. The second kappa shape index (κ2) is 11.8. The van der Waals surface area contributed by atoms with Gasteiger partial charge in [0.1, 0.15) is 0 Å². The third kappa shape index (κ3) is 10.9. The van der Waals surface area contributed by atoms with Crippen molar-refractivity contribution in [1.29, 1.82) is 0 Å². The normalized spacial score (nSPS) is 17.6. The van der Waals surface area contributed by atoms with Crippen LogP contribution in [0.3, 0.4) is 0 Å². The molecule has 0 spiro atoms. The maximum Gasteiger partial charge on any atom is 0.254 e. The maximum absolute atomic E-state index is 8.70. The topological polar surface area (TPSA) is 101 Å². The summed E-state index contributed by atoms with van der Waals surface area (Å²) >= 11 is 0. The summed E-state index contributed by atoms with van der Waals surface area (Å²) < 4.78 is 24.2. The van der Waals surface area contributed by atoms with Crippen LogP contribution in [0.4, 0.5) is 0 Å². The number of piperazine rings is 1. The van der Waals surface area contributed by atoms with Crippen molar-refractivity contribution >= 4 is 11.0 Å². The lowest BCUT2D eigenvalue weighted by Crippen LogP contribution is -2.46. The van der Waals surface area contributed by atoms with Crippen LogP contribution in [0.15, 0.2) is 0 Å². The first kappa shape index (κ1) is 17.8. The van der Waals surface area contributed by atoms with Gasteiger partial charge >= 0.3 is 0 Å². The van der Waals surface area contributed by atoms with Crippen molar-refractivity contribution in [3.8, 4) is 0 Å². The SMILES string of the molecule is O=[SH](=O)O.OCCCN1CCN(CCCO)CC1. The molecule has 7 nitrogen and oxygen atoms in total. The van der Waals surface area contributed by atoms with Crippen LogP contribution in [-0.4, -0.2) is 85.5 Å². The van der Waals surface area contributed by atoms with E-state index in [1.54, 1.807) is 0 Å². The zero-order valence-corrected chi connectivity index (χ0v) is 11.5. The Morgan fingerprint density at radius 1 is 0.833 bits per heavy atom. The molecule has 1 rings (SSSR count). The quantitative estimate of drug-likeness (QED) is 0.346. The Balaban J connectivity index is 0.000000631. The summed E-state index contributed by atoms with van der Waals surface area (Å²) in [6.07, 6.45) is 1.77. The van der Waals surface area contributed by atoms with Gasteiger partial charge < -0.3 is 20.0 Å². The fraction of sp³-hybridized carbons (Fsp3) is 1.00. The van der Waals surface area contributed by atoms with Crippen molar-refractivity contribution in [3.63, 3.8) is 0 Å². The monoisotopic (exact) mass is 284 g/mol. The van der Waals surface area contributed by atoms with Crippen molar-refractivity contribution in [2.45, 2.75) is 12.8 Å². The second-order valence-electron chi connectivity index (χ2n) is 4.08. The lowest BCUT2D eigenvalue weighted by Gasteiger charge is -2.34. The molecule has 0 aromatic carbocycles. The highest BCUT2D eigenvalue weighted by Crippen LogP contribution is 2.02. The molecule has 18 heavy (non-hydrogen) atoms. The Labute approximate surface area is 110 Å². The van der Waals surface area contributed by atoms with E-state index in [0.717, 1.165) is 52.1 Å².